The van der Waals surface area contributed by atoms with E-state index in [0.717, 1.165) is 31.1 Å². The highest BCUT2D eigenvalue weighted by Gasteiger charge is 2.55. The maximum atomic E-state index is 15.2. The van der Waals surface area contributed by atoms with E-state index in [-0.39, 0.29) is 62.6 Å². The summed E-state index contributed by atoms with van der Waals surface area (Å²) in [6, 6.07) is -13.7. The van der Waals surface area contributed by atoms with Gasteiger partial charge in [-0.05, 0) is 121 Å². The normalized spacial score (nSPS) is 28.2. The van der Waals surface area contributed by atoms with Crippen molar-refractivity contribution in [2.45, 2.75) is 254 Å². The number of aliphatic hydroxyl groups excluding tert-OH is 1. The number of carbonyl (C=O) groups is 11. The third-order valence-electron chi connectivity index (χ3n) is 19.1. The number of rotatable bonds is 22. The Bertz CT molecular complexity index is 2590. The van der Waals surface area contributed by atoms with Gasteiger partial charge in [-0.3, -0.25) is 62.5 Å². The lowest BCUT2D eigenvalue weighted by atomic mass is 9.88. The smallest absolute Gasteiger partial charge is 0.270 e. The number of fused-ring (bicyclic) bond motifs is 1. The molecule has 27 nitrogen and oxygen atoms in total. The number of morpholine rings is 1. The summed E-state index contributed by atoms with van der Waals surface area (Å²) in [6.07, 6.45) is 2.52. The number of nitrogens with one attached hydrogen (secondary N) is 4. The summed E-state index contributed by atoms with van der Waals surface area (Å²) >= 11 is 0. The maximum Gasteiger partial charge on any atom is 0.270 e. The van der Waals surface area contributed by atoms with Crippen LogP contribution >= 0.6 is 0 Å². The van der Waals surface area contributed by atoms with Crippen LogP contribution < -0.4 is 21.3 Å². The summed E-state index contributed by atoms with van der Waals surface area (Å²) in [5, 5.41) is 21.7. The molecule has 3 aliphatic rings. The molecule has 0 bridgehead atoms. The number of hydrogen-bond donors (Lipinski definition) is 5. The van der Waals surface area contributed by atoms with Crippen LogP contribution in [0.2, 0.25) is 0 Å². The lowest BCUT2D eigenvalue weighted by Gasteiger charge is -2.50. The number of amides is 11. The fourth-order valence-corrected chi connectivity index (χ4v) is 12.8. The van der Waals surface area contributed by atoms with Crippen LogP contribution in [-0.4, -0.2) is 276 Å². The first-order valence-electron chi connectivity index (χ1n) is 35.2. The molecule has 0 unspecified atom stereocenters. The Morgan fingerprint density at radius 3 is 1.55 bits per heavy atom. The number of likely N-dealkylation sites (N-methyl/N-ethyl adjacent to an activating group) is 6. The van der Waals surface area contributed by atoms with Crippen LogP contribution in [0.1, 0.15) is 175 Å². The average molecular weight is 1360 g/mol. The van der Waals surface area contributed by atoms with Gasteiger partial charge in [0.1, 0.15) is 66.5 Å². The highest BCUT2D eigenvalue weighted by Crippen LogP contribution is 2.34. The van der Waals surface area contributed by atoms with Gasteiger partial charge in [0.15, 0.2) is 6.04 Å². The Morgan fingerprint density at radius 2 is 1.02 bits per heavy atom. The monoisotopic (exact) mass is 1360 g/mol. The Hall–Kier alpha value is -6.03. The number of aliphatic hydroxyl groups is 1. The van der Waals surface area contributed by atoms with E-state index in [1.165, 1.54) is 92.5 Å². The van der Waals surface area contributed by atoms with Gasteiger partial charge < -0.3 is 65.2 Å². The molecule has 96 heavy (non-hydrogen) atoms. The molecule has 14 atom stereocenters. The van der Waals surface area contributed by atoms with E-state index in [4.69, 9.17) is 14.3 Å². The van der Waals surface area contributed by atoms with Gasteiger partial charge in [0.2, 0.25) is 59.1 Å². The van der Waals surface area contributed by atoms with Crippen LogP contribution in [0.3, 0.4) is 0 Å². The quantitative estimate of drug-likeness (QED) is 0.0973. The van der Waals surface area contributed by atoms with Crippen LogP contribution in [0.15, 0.2) is 0 Å². The molecule has 0 radical (unpaired) electrons. The Balaban J connectivity index is 2.29. The van der Waals surface area contributed by atoms with Gasteiger partial charge in [-0.1, -0.05) is 95.9 Å². The zero-order chi connectivity index (χ0) is 72.9. The summed E-state index contributed by atoms with van der Waals surface area (Å²) < 4.78 is 11.9. The number of ether oxygens (including phenoxy) is 2. The van der Waals surface area contributed by atoms with E-state index in [0.29, 0.717) is 45.3 Å². The van der Waals surface area contributed by atoms with Gasteiger partial charge in [-0.15, -0.1) is 0 Å². The molecule has 550 valence electrons. The van der Waals surface area contributed by atoms with Crippen LogP contribution in [0.4, 0.5) is 0 Å². The van der Waals surface area contributed by atoms with E-state index >= 15 is 24.0 Å². The van der Waals surface area contributed by atoms with E-state index in [2.05, 4.69) is 26.2 Å². The zero-order valence-electron chi connectivity index (χ0n) is 62.2. The molecule has 0 saturated carbocycles. The third kappa shape index (κ3) is 23.0. The van der Waals surface area contributed by atoms with Crippen molar-refractivity contribution < 1.29 is 72.2 Å². The Morgan fingerprint density at radius 1 is 0.500 bits per heavy atom. The molecule has 0 spiro atoms. The number of hydrogen-bond acceptors (Lipinski definition) is 16. The third-order valence-corrected chi connectivity index (χ3v) is 19.1. The first-order chi connectivity index (χ1) is 44.9. The SMILES string of the molecule is CC[C@@H]1NC(=O)[C@@H]2[C@@H]([C@H](C)CCCCCO)ON2C(=O)[C@H](C(C)C)N(C)C(=O)[C@H](CC(C)C)N(C)C(=O)[C@H](CC(C)C)N(C)C(=O)[C@@H](C)NC(=O)[C@H](C)NC(=O)[C@H](CC(C)C)N(C)C(=O)[C@H](C(C)C)NC(=O)[C@H]([C@@H](C)OCCCCN2CCOCC2)N(C)C(=O)[C@@H](C)N(C)C1=O. The molecule has 3 fully saturated rings. The molecule has 3 aliphatic heterocycles. The van der Waals surface area contributed by atoms with E-state index in [9.17, 15) is 33.9 Å². The second-order valence-corrected chi connectivity index (χ2v) is 29.1. The van der Waals surface area contributed by atoms with Gasteiger partial charge >= 0.3 is 0 Å². The van der Waals surface area contributed by atoms with Gasteiger partial charge in [0.25, 0.3) is 5.91 Å². The molecule has 0 aromatic rings. The minimum absolute atomic E-state index is 0.00352. The zero-order valence-corrected chi connectivity index (χ0v) is 62.2. The van der Waals surface area contributed by atoms with Crippen molar-refractivity contribution in [2.75, 3.05) is 88.3 Å². The average Bonchev–Trinajstić information content (AvgIpc) is 0.758. The predicted octanol–water partition coefficient (Wildman–Crippen LogP) is 3.04. The van der Waals surface area contributed by atoms with Crippen LogP contribution in [-0.2, 0) is 67.1 Å². The molecule has 3 saturated heterocycles. The minimum atomic E-state index is -1.39. The number of hydroxylamine groups is 2. The highest BCUT2D eigenvalue weighted by molar-refractivity contribution is 6.00. The molecule has 27 heteroatoms. The summed E-state index contributed by atoms with van der Waals surface area (Å²) in [5.74, 6) is -9.39. The van der Waals surface area contributed by atoms with Crippen molar-refractivity contribution in [2.24, 2.45) is 35.5 Å². The van der Waals surface area contributed by atoms with E-state index < -0.39 is 155 Å². The second kappa shape index (κ2) is 39.5. The van der Waals surface area contributed by atoms with Crippen LogP contribution in [0.25, 0.3) is 0 Å². The summed E-state index contributed by atoms with van der Waals surface area (Å²) in [4.78, 5) is 179. The largest absolute Gasteiger partial charge is 0.396 e. The lowest BCUT2D eigenvalue weighted by Crippen LogP contribution is -2.72. The molecule has 0 aromatic heterocycles. The Labute approximate surface area is 573 Å². The van der Waals surface area contributed by atoms with E-state index in [1.807, 2.05) is 48.5 Å². The van der Waals surface area contributed by atoms with Gasteiger partial charge in [0, 0.05) is 68.6 Å². The first kappa shape index (κ1) is 84.2. The van der Waals surface area contributed by atoms with Crippen molar-refractivity contribution in [1.82, 2.24) is 60.6 Å². The highest BCUT2D eigenvalue weighted by atomic mass is 16.7. The maximum absolute atomic E-state index is 15.2. The van der Waals surface area contributed by atoms with Crippen molar-refractivity contribution in [3.63, 3.8) is 0 Å². The van der Waals surface area contributed by atoms with E-state index in [1.54, 1.807) is 41.5 Å². The molecule has 0 aromatic carbocycles. The molecule has 0 aliphatic carbocycles. The fourth-order valence-electron chi connectivity index (χ4n) is 12.8. The summed E-state index contributed by atoms with van der Waals surface area (Å²) in [6.45, 7) is 31.7. The molecular formula is C69H124N12O15. The van der Waals surface area contributed by atoms with Crippen molar-refractivity contribution in [1.29, 1.82) is 0 Å². The standard InChI is InChI=1S/C69H124N12O15/c1-23-50-65(89)74(17)48(15)64(88)79(22)56(49(16)95-34-28-26-30-80-31-35-94-36-32-80)61(85)73-54(43(8)9)68(92)75(18)51(37-40(2)3)60(84)70-46(13)59(83)71-47(14)63(87)76(19)52(38-41(4)5)66(90)77(20)53(39-42(6)7)67(91)78(21)55(44(10)11)69(93)81-57(62(86)72-50)58(96-81)45(12)29-25-24-27-33-82/h40-58,82H,23-39H2,1-22H3,(H,70,84)(H,71,83)(H,72,86)(H,73,85)/t45-,46+,47-,48-,49-,50+,51+,52+,53+,54+,55+,56+,57+,58-/m1/s1. The Kier molecular flexibility index (Phi) is 34.7. The lowest BCUT2D eigenvalue weighted by molar-refractivity contribution is -0.322. The molecule has 3 rings (SSSR count). The van der Waals surface area contributed by atoms with Crippen molar-refractivity contribution in [3.8, 4) is 0 Å². The van der Waals surface area contributed by atoms with Gasteiger partial charge in [-0.2, -0.15) is 0 Å². The predicted molar refractivity (Wildman–Crippen MR) is 365 cm³/mol. The van der Waals surface area contributed by atoms with Gasteiger partial charge in [-0.25, -0.2) is 5.06 Å². The summed E-state index contributed by atoms with van der Waals surface area (Å²) in [5.41, 5.74) is 0. The summed E-state index contributed by atoms with van der Waals surface area (Å²) in [7, 11) is 8.63. The second-order valence-electron chi connectivity index (χ2n) is 29.1. The molecular weight excluding hydrogens is 1240 g/mol. The van der Waals surface area contributed by atoms with Crippen LogP contribution in [0.5, 0.6) is 0 Å². The van der Waals surface area contributed by atoms with Crippen molar-refractivity contribution in [3.05, 3.63) is 0 Å². The number of unbranched alkanes of at least 4 members (excludes halogenated alkanes) is 3. The minimum Gasteiger partial charge on any atom is -0.396 e. The first-order valence-corrected chi connectivity index (χ1v) is 35.2. The van der Waals surface area contributed by atoms with Crippen molar-refractivity contribution >= 4 is 65.0 Å². The topological polar surface area (TPSA) is 310 Å². The number of nitrogens with zero attached hydrogens (tertiary/aromatic N) is 8. The van der Waals surface area contributed by atoms with Crippen LogP contribution in [0, 0.1) is 35.5 Å². The fraction of sp³-hybridized carbons (Fsp3) is 0.841. The van der Waals surface area contributed by atoms with Gasteiger partial charge in [0.05, 0.1) is 19.3 Å². The molecule has 3 heterocycles. The molecule has 11 amide bonds. The number of carbonyl (C=O) groups excluding carboxylic acids is 11. The molecule has 5 N–H and O–H groups in total.